The number of hydrogen-bond donors (Lipinski definition) is 2. The van der Waals surface area contributed by atoms with Crippen LogP contribution in [0.3, 0.4) is 0 Å². The Bertz CT molecular complexity index is 604. The number of aliphatic hydroxyl groups is 1. The van der Waals surface area contributed by atoms with Crippen LogP contribution in [0.2, 0.25) is 0 Å². The molecule has 0 aliphatic carbocycles. The van der Waals surface area contributed by atoms with Crippen molar-refractivity contribution in [2.45, 2.75) is 13.1 Å². The van der Waals surface area contributed by atoms with Gasteiger partial charge in [0.15, 0.2) is 11.5 Å². The molecule has 2 aromatic carbocycles. The standard InChI is InChI=1S/C18H23NO4.ClH/c1-21-16-6-3-14(4-7-16)12-19-13-15-5-8-17(23-10-9-20)18(11-15)22-2;/h3-8,11,19-20H,9-10,12-13H2,1-2H3;1H. The second kappa shape index (κ2) is 10.8. The van der Waals surface area contributed by atoms with Crippen molar-refractivity contribution in [3.05, 3.63) is 53.6 Å². The third-order valence-corrected chi connectivity index (χ3v) is 3.39. The van der Waals surface area contributed by atoms with Gasteiger partial charge in [-0.25, -0.2) is 0 Å². The Morgan fingerprint density at radius 3 is 2.17 bits per heavy atom. The zero-order valence-electron chi connectivity index (χ0n) is 14.0. The lowest BCUT2D eigenvalue weighted by atomic mass is 10.2. The van der Waals surface area contributed by atoms with Crippen molar-refractivity contribution >= 4 is 12.4 Å². The van der Waals surface area contributed by atoms with Crippen molar-refractivity contribution in [2.75, 3.05) is 27.4 Å². The number of nitrogens with one attached hydrogen (secondary N) is 1. The van der Waals surface area contributed by atoms with E-state index >= 15 is 0 Å². The Morgan fingerprint density at radius 2 is 1.54 bits per heavy atom. The third-order valence-electron chi connectivity index (χ3n) is 3.39. The zero-order valence-corrected chi connectivity index (χ0v) is 14.8. The van der Waals surface area contributed by atoms with Gasteiger partial charge in [0, 0.05) is 13.1 Å². The SMILES string of the molecule is COc1ccc(CNCc2ccc(OCCO)c(OC)c2)cc1.Cl. The summed E-state index contributed by atoms with van der Waals surface area (Å²) in [6.45, 7) is 1.73. The average molecular weight is 354 g/mol. The van der Waals surface area contributed by atoms with E-state index in [0.717, 1.165) is 24.4 Å². The summed E-state index contributed by atoms with van der Waals surface area (Å²) in [4.78, 5) is 0. The van der Waals surface area contributed by atoms with Crippen molar-refractivity contribution in [1.82, 2.24) is 5.32 Å². The molecule has 5 nitrogen and oxygen atoms in total. The van der Waals surface area contributed by atoms with Gasteiger partial charge in [-0.3, -0.25) is 0 Å². The number of ether oxygens (including phenoxy) is 3. The molecule has 0 unspecified atom stereocenters. The van der Waals surface area contributed by atoms with E-state index in [4.69, 9.17) is 19.3 Å². The highest BCUT2D eigenvalue weighted by atomic mass is 35.5. The van der Waals surface area contributed by atoms with Crippen LogP contribution >= 0.6 is 12.4 Å². The molecule has 0 spiro atoms. The van der Waals surface area contributed by atoms with Gasteiger partial charge in [0.2, 0.25) is 0 Å². The first-order valence-electron chi connectivity index (χ1n) is 7.51. The van der Waals surface area contributed by atoms with Gasteiger partial charge in [-0.15, -0.1) is 12.4 Å². The van der Waals surface area contributed by atoms with Crippen LogP contribution in [0.4, 0.5) is 0 Å². The Labute approximate surface area is 149 Å². The van der Waals surface area contributed by atoms with Gasteiger partial charge in [0.05, 0.1) is 20.8 Å². The summed E-state index contributed by atoms with van der Waals surface area (Å²) >= 11 is 0. The number of benzene rings is 2. The van der Waals surface area contributed by atoms with E-state index in [1.165, 1.54) is 5.56 Å². The molecule has 2 aromatic rings. The molecule has 0 amide bonds. The fourth-order valence-electron chi connectivity index (χ4n) is 2.19. The van der Waals surface area contributed by atoms with Gasteiger partial charge in [-0.2, -0.15) is 0 Å². The van der Waals surface area contributed by atoms with E-state index in [9.17, 15) is 0 Å². The molecule has 2 rings (SSSR count). The highest BCUT2D eigenvalue weighted by Gasteiger charge is 2.05. The fraction of sp³-hybridized carbons (Fsp3) is 0.333. The normalized spacial score (nSPS) is 9.96. The van der Waals surface area contributed by atoms with Crippen LogP contribution in [0.5, 0.6) is 17.2 Å². The quantitative estimate of drug-likeness (QED) is 0.726. The van der Waals surface area contributed by atoms with E-state index in [-0.39, 0.29) is 25.6 Å². The van der Waals surface area contributed by atoms with Gasteiger partial charge in [0.1, 0.15) is 12.4 Å². The van der Waals surface area contributed by atoms with Gasteiger partial charge in [-0.1, -0.05) is 18.2 Å². The summed E-state index contributed by atoms with van der Waals surface area (Å²) < 4.78 is 15.9. The highest BCUT2D eigenvalue weighted by molar-refractivity contribution is 5.85. The monoisotopic (exact) mass is 353 g/mol. The summed E-state index contributed by atoms with van der Waals surface area (Å²) in [5, 5.41) is 12.2. The lowest BCUT2D eigenvalue weighted by Gasteiger charge is -2.12. The molecule has 2 N–H and O–H groups in total. The molecule has 24 heavy (non-hydrogen) atoms. The van der Waals surface area contributed by atoms with E-state index in [2.05, 4.69) is 5.32 Å². The van der Waals surface area contributed by atoms with Crippen molar-refractivity contribution in [2.24, 2.45) is 0 Å². The van der Waals surface area contributed by atoms with Gasteiger partial charge in [-0.05, 0) is 35.4 Å². The summed E-state index contributed by atoms with van der Waals surface area (Å²) in [5.41, 5.74) is 2.30. The van der Waals surface area contributed by atoms with Crippen LogP contribution < -0.4 is 19.5 Å². The van der Waals surface area contributed by atoms with Crippen molar-refractivity contribution in [3.63, 3.8) is 0 Å². The fourth-order valence-corrected chi connectivity index (χ4v) is 2.19. The predicted molar refractivity (Wildman–Crippen MR) is 96.4 cm³/mol. The summed E-state index contributed by atoms with van der Waals surface area (Å²) in [7, 11) is 3.27. The molecule has 0 atom stereocenters. The molecule has 6 heteroatoms. The second-order valence-electron chi connectivity index (χ2n) is 5.01. The first-order chi connectivity index (χ1) is 11.3. The Hall–Kier alpha value is -1.95. The minimum absolute atomic E-state index is 0. The number of hydrogen-bond acceptors (Lipinski definition) is 5. The van der Waals surface area contributed by atoms with Gasteiger partial charge < -0.3 is 24.6 Å². The van der Waals surface area contributed by atoms with E-state index in [1.807, 2.05) is 42.5 Å². The molecule has 0 aromatic heterocycles. The summed E-state index contributed by atoms with van der Waals surface area (Å²) in [5.74, 6) is 2.17. The summed E-state index contributed by atoms with van der Waals surface area (Å²) in [6, 6.07) is 13.8. The van der Waals surface area contributed by atoms with Gasteiger partial charge in [0.25, 0.3) is 0 Å². The molecule has 0 saturated heterocycles. The van der Waals surface area contributed by atoms with Gasteiger partial charge >= 0.3 is 0 Å². The largest absolute Gasteiger partial charge is 0.497 e. The number of rotatable bonds is 9. The lowest BCUT2D eigenvalue weighted by Crippen LogP contribution is -2.12. The zero-order chi connectivity index (χ0) is 16.5. The maximum absolute atomic E-state index is 8.82. The molecule has 0 aliphatic heterocycles. The molecular weight excluding hydrogens is 330 g/mol. The molecule has 0 aliphatic rings. The van der Waals surface area contributed by atoms with Crippen LogP contribution in [0.25, 0.3) is 0 Å². The van der Waals surface area contributed by atoms with E-state index in [0.29, 0.717) is 11.5 Å². The molecule has 0 radical (unpaired) electrons. The van der Waals surface area contributed by atoms with Crippen molar-refractivity contribution < 1.29 is 19.3 Å². The first kappa shape index (κ1) is 20.1. The highest BCUT2D eigenvalue weighted by Crippen LogP contribution is 2.28. The molecule has 0 bridgehead atoms. The smallest absolute Gasteiger partial charge is 0.161 e. The maximum atomic E-state index is 8.82. The Morgan fingerprint density at radius 1 is 0.875 bits per heavy atom. The molecule has 0 fully saturated rings. The minimum atomic E-state index is -0.0195. The third kappa shape index (κ3) is 5.92. The minimum Gasteiger partial charge on any atom is -0.497 e. The van der Waals surface area contributed by atoms with Crippen LogP contribution in [-0.4, -0.2) is 32.5 Å². The van der Waals surface area contributed by atoms with Crippen LogP contribution in [0, 0.1) is 0 Å². The van der Waals surface area contributed by atoms with Crippen LogP contribution in [0.1, 0.15) is 11.1 Å². The maximum Gasteiger partial charge on any atom is 0.161 e. The number of methoxy groups -OCH3 is 2. The van der Waals surface area contributed by atoms with E-state index < -0.39 is 0 Å². The molecule has 0 heterocycles. The van der Waals surface area contributed by atoms with Crippen molar-refractivity contribution in [1.29, 1.82) is 0 Å². The Kier molecular flexibility index (Phi) is 9.01. The first-order valence-corrected chi connectivity index (χ1v) is 7.51. The molecule has 0 saturated carbocycles. The summed E-state index contributed by atoms with van der Waals surface area (Å²) in [6.07, 6.45) is 0. The average Bonchev–Trinajstić information content (AvgIpc) is 2.61. The Balaban J connectivity index is 0.00000288. The predicted octanol–water partition coefficient (Wildman–Crippen LogP) is 2.79. The van der Waals surface area contributed by atoms with Crippen LogP contribution in [0.15, 0.2) is 42.5 Å². The second-order valence-corrected chi connectivity index (χ2v) is 5.01. The number of halogens is 1. The topological polar surface area (TPSA) is 60.0 Å². The molecular formula is C18H24ClNO4. The van der Waals surface area contributed by atoms with E-state index in [1.54, 1.807) is 14.2 Å². The molecule has 132 valence electrons. The lowest BCUT2D eigenvalue weighted by molar-refractivity contribution is 0.196. The van der Waals surface area contributed by atoms with Crippen LogP contribution in [-0.2, 0) is 13.1 Å². The number of aliphatic hydroxyl groups excluding tert-OH is 1. The van der Waals surface area contributed by atoms with Crippen molar-refractivity contribution in [3.8, 4) is 17.2 Å².